The minimum absolute atomic E-state index is 0.289. The van der Waals surface area contributed by atoms with Crippen molar-refractivity contribution in [3.05, 3.63) is 193 Å². The topological polar surface area (TPSA) is 31.0 Å². The smallest absolute Gasteiger partial charge is 0.136 e. The number of benzene rings is 7. The molecule has 52 heavy (non-hydrogen) atoms. The number of para-hydroxylation sites is 1. The lowest BCUT2D eigenvalue weighted by atomic mass is 9.74. The van der Waals surface area contributed by atoms with E-state index in [0.29, 0.717) is 0 Å². The van der Waals surface area contributed by atoms with E-state index in [1.165, 1.54) is 38.6 Å². The highest BCUT2D eigenvalue weighted by Gasteiger charge is 2.42. The molecular weight excluding hydrogens is 633 g/mol. The van der Waals surface area contributed by atoms with E-state index in [-0.39, 0.29) is 5.41 Å². The lowest BCUT2D eigenvalue weighted by Crippen LogP contribution is -2.22. The summed E-state index contributed by atoms with van der Waals surface area (Å²) in [7, 11) is 0. The molecule has 244 valence electrons. The van der Waals surface area contributed by atoms with Gasteiger partial charge in [-0.2, -0.15) is 0 Å². The first-order valence-corrected chi connectivity index (χ1v) is 17.9. The standard InChI is InChI=1S/C49H32N2O/c1-49(33-19-9-4-10-20-33)39-23-13-11-22-36(39)47-40(49)25-26-45-48(47)38-29-44-37(30-46(38)52-45)35-21-12-14-24-43(35)51(44)34-27-41(31-15-5-2-6-16-31)50-42(28-34)32-17-7-3-8-18-32/h2-30H,1H3. The second kappa shape index (κ2) is 10.9. The summed E-state index contributed by atoms with van der Waals surface area (Å²) in [6.45, 7) is 2.37. The minimum Gasteiger partial charge on any atom is -0.456 e. The fourth-order valence-corrected chi connectivity index (χ4v) is 8.83. The third-order valence-electron chi connectivity index (χ3n) is 11.3. The first-order valence-electron chi connectivity index (χ1n) is 17.9. The predicted octanol–water partition coefficient (Wildman–Crippen LogP) is 12.7. The van der Waals surface area contributed by atoms with Gasteiger partial charge >= 0.3 is 0 Å². The van der Waals surface area contributed by atoms with Gasteiger partial charge in [0.05, 0.1) is 28.1 Å². The Labute approximate surface area is 301 Å². The van der Waals surface area contributed by atoms with Crippen LogP contribution in [0.15, 0.2) is 180 Å². The van der Waals surface area contributed by atoms with E-state index in [2.05, 4.69) is 187 Å². The van der Waals surface area contributed by atoms with Crippen molar-refractivity contribution >= 4 is 43.7 Å². The first-order chi connectivity index (χ1) is 25.7. The summed E-state index contributed by atoms with van der Waals surface area (Å²) in [4.78, 5) is 5.20. The number of rotatable bonds is 4. The Bertz CT molecular complexity index is 2950. The molecular formula is C49H32N2O. The zero-order chi connectivity index (χ0) is 34.4. The van der Waals surface area contributed by atoms with Gasteiger partial charge in [-0.3, -0.25) is 0 Å². The average Bonchev–Trinajstić information content (AvgIpc) is 3.83. The van der Waals surface area contributed by atoms with E-state index in [1.54, 1.807) is 0 Å². The second-order valence-corrected chi connectivity index (χ2v) is 14.0. The van der Waals surface area contributed by atoms with E-state index in [4.69, 9.17) is 9.40 Å². The Kier molecular flexibility index (Phi) is 6.09. The van der Waals surface area contributed by atoms with Crippen molar-refractivity contribution < 1.29 is 4.42 Å². The van der Waals surface area contributed by atoms with Crippen molar-refractivity contribution in [1.82, 2.24) is 9.55 Å². The first kappa shape index (κ1) is 29.1. The molecule has 10 aromatic rings. The Balaban J connectivity index is 1.24. The van der Waals surface area contributed by atoms with Crippen LogP contribution in [-0.4, -0.2) is 9.55 Å². The van der Waals surface area contributed by atoms with Crippen LogP contribution >= 0.6 is 0 Å². The summed E-state index contributed by atoms with van der Waals surface area (Å²) in [6.07, 6.45) is 0. The lowest BCUT2D eigenvalue weighted by molar-refractivity contribution is 0.668. The van der Waals surface area contributed by atoms with Crippen LogP contribution in [0.2, 0.25) is 0 Å². The van der Waals surface area contributed by atoms with Gasteiger partial charge in [0.1, 0.15) is 11.2 Å². The maximum atomic E-state index is 6.77. The number of pyridine rings is 1. The van der Waals surface area contributed by atoms with Gasteiger partial charge in [0.15, 0.2) is 0 Å². The van der Waals surface area contributed by atoms with Gasteiger partial charge in [-0.15, -0.1) is 0 Å². The molecule has 0 aliphatic heterocycles. The molecule has 0 saturated carbocycles. The molecule has 1 atom stereocenters. The van der Waals surface area contributed by atoms with Gasteiger partial charge in [-0.25, -0.2) is 4.98 Å². The summed E-state index contributed by atoms with van der Waals surface area (Å²) in [5.41, 5.74) is 15.4. The van der Waals surface area contributed by atoms with Crippen molar-refractivity contribution in [2.75, 3.05) is 0 Å². The van der Waals surface area contributed by atoms with Crippen LogP contribution in [0, 0.1) is 0 Å². The Hall–Kier alpha value is -6.71. The maximum absolute atomic E-state index is 6.77. The number of nitrogens with zero attached hydrogens (tertiary/aromatic N) is 2. The summed E-state index contributed by atoms with van der Waals surface area (Å²) in [5, 5.41) is 4.64. The third kappa shape index (κ3) is 4.05. The summed E-state index contributed by atoms with van der Waals surface area (Å²) in [6, 6.07) is 63.0. The summed E-state index contributed by atoms with van der Waals surface area (Å²) in [5.74, 6) is 0. The molecule has 1 unspecified atom stereocenters. The summed E-state index contributed by atoms with van der Waals surface area (Å²) >= 11 is 0. The second-order valence-electron chi connectivity index (χ2n) is 14.0. The van der Waals surface area contributed by atoms with Gasteiger partial charge in [-0.05, 0) is 71.1 Å². The van der Waals surface area contributed by atoms with E-state index in [1.807, 2.05) is 0 Å². The van der Waals surface area contributed by atoms with Crippen LogP contribution in [0.3, 0.4) is 0 Å². The van der Waals surface area contributed by atoms with Crippen LogP contribution in [0.5, 0.6) is 0 Å². The molecule has 1 aliphatic carbocycles. The third-order valence-corrected chi connectivity index (χ3v) is 11.3. The number of hydrogen-bond acceptors (Lipinski definition) is 2. The number of aromatic nitrogens is 2. The molecule has 0 radical (unpaired) electrons. The van der Waals surface area contributed by atoms with Crippen molar-refractivity contribution in [2.45, 2.75) is 12.3 Å². The molecule has 0 saturated heterocycles. The number of furan rings is 1. The lowest BCUT2D eigenvalue weighted by Gasteiger charge is -2.28. The quantitative estimate of drug-likeness (QED) is 0.187. The van der Waals surface area contributed by atoms with Gasteiger partial charge in [-0.1, -0.05) is 140 Å². The van der Waals surface area contributed by atoms with Crippen LogP contribution in [0.4, 0.5) is 0 Å². The highest BCUT2D eigenvalue weighted by atomic mass is 16.3. The molecule has 0 N–H and O–H groups in total. The molecule has 0 fully saturated rings. The van der Waals surface area contributed by atoms with Gasteiger partial charge < -0.3 is 8.98 Å². The van der Waals surface area contributed by atoms with E-state index < -0.39 is 0 Å². The zero-order valence-corrected chi connectivity index (χ0v) is 28.5. The molecule has 3 heteroatoms. The number of hydrogen-bond donors (Lipinski definition) is 0. The molecule has 0 spiro atoms. The van der Waals surface area contributed by atoms with Crippen LogP contribution in [0.25, 0.3) is 83.1 Å². The predicted molar refractivity (Wildman–Crippen MR) is 214 cm³/mol. The molecule has 3 nitrogen and oxygen atoms in total. The fourth-order valence-electron chi connectivity index (χ4n) is 8.83. The van der Waals surface area contributed by atoms with Crippen LogP contribution in [-0.2, 0) is 5.41 Å². The molecule has 1 aliphatic rings. The highest BCUT2D eigenvalue weighted by molar-refractivity contribution is 6.21. The van der Waals surface area contributed by atoms with Crippen molar-refractivity contribution in [1.29, 1.82) is 0 Å². The van der Waals surface area contributed by atoms with E-state index in [9.17, 15) is 0 Å². The number of fused-ring (bicyclic) bond motifs is 10. The van der Waals surface area contributed by atoms with Gasteiger partial charge in [0, 0.05) is 38.1 Å². The van der Waals surface area contributed by atoms with Crippen LogP contribution in [0.1, 0.15) is 23.6 Å². The van der Waals surface area contributed by atoms with E-state index >= 15 is 0 Å². The Morgan fingerprint density at radius 2 is 1.13 bits per heavy atom. The fraction of sp³-hybridized carbons (Fsp3) is 0.0408. The van der Waals surface area contributed by atoms with Gasteiger partial charge in [0.25, 0.3) is 0 Å². The largest absolute Gasteiger partial charge is 0.456 e. The van der Waals surface area contributed by atoms with Crippen molar-refractivity contribution in [3.63, 3.8) is 0 Å². The molecule has 3 heterocycles. The SMILES string of the molecule is CC1(c2ccccc2)c2ccccc2-c2c1ccc1oc3cc4c5ccccc5n(-c5cc(-c6ccccc6)nc(-c6ccccc6)c5)c4cc3c21. The van der Waals surface area contributed by atoms with Crippen molar-refractivity contribution in [2.24, 2.45) is 0 Å². The molecule has 3 aromatic heterocycles. The van der Waals surface area contributed by atoms with Crippen LogP contribution < -0.4 is 0 Å². The highest BCUT2D eigenvalue weighted by Crippen LogP contribution is 2.56. The van der Waals surface area contributed by atoms with Crippen molar-refractivity contribution in [3.8, 4) is 39.3 Å². The molecule has 0 bridgehead atoms. The monoisotopic (exact) mass is 664 g/mol. The maximum Gasteiger partial charge on any atom is 0.136 e. The zero-order valence-electron chi connectivity index (χ0n) is 28.5. The molecule has 7 aromatic carbocycles. The Morgan fingerprint density at radius 3 is 1.87 bits per heavy atom. The Morgan fingerprint density at radius 1 is 0.500 bits per heavy atom. The van der Waals surface area contributed by atoms with Gasteiger partial charge in [0.2, 0.25) is 0 Å². The van der Waals surface area contributed by atoms with E-state index in [0.717, 1.165) is 61.2 Å². The average molecular weight is 665 g/mol. The summed E-state index contributed by atoms with van der Waals surface area (Å²) < 4.78 is 9.18. The minimum atomic E-state index is -0.289. The molecule has 0 amide bonds. The molecule has 11 rings (SSSR count). The normalized spacial score (nSPS) is 15.1.